The minimum absolute atomic E-state index is 0.0972. The highest BCUT2D eigenvalue weighted by Gasteiger charge is 1.90. The molecule has 0 N–H and O–H groups in total. The Morgan fingerprint density at radius 1 is 1.86 bits per heavy atom. The molecule has 1 aromatic rings. The Morgan fingerprint density at radius 2 is 2.71 bits per heavy atom. The van der Waals surface area contributed by atoms with Crippen LogP contribution in [0.25, 0.3) is 0 Å². The maximum atomic E-state index is 9.58. The summed E-state index contributed by atoms with van der Waals surface area (Å²) >= 11 is 0. The SMILES string of the molecule is O=[C]c1conn1. The van der Waals surface area contributed by atoms with E-state index in [9.17, 15) is 4.79 Å². The Labute approximate surface area is 39.1 Å². The molecule has 0 saturated heterocycles. The molecular weight excluding hydrogens is 96.0 g/mol. The van der Waals surface area contributed by atoms with E-state index in [4.69, 9.17) is 0 Å². The summed E-state index contributed by atoms with van der Waals surface area (Å²) in [4.78, 5) is 9.58. The van der Waals surface area contributed by atoms with Gasteiger partial charge in [0.2, 0.25) is 0 Å². The summed E-state index contributed by atoms with van der Waals surface area (Å²) in [5.41, 5.74) is 0.0972. The molecule has 1 radical (unpaired) electrons. The predicted octanol–water partition coefficient (Wildman–Crippen LogP) is -0.473. The smallest absolute Gasteiger partial charge is 0.258 e. The maximum absolute atomic E-state index is 9.58. The van der Waals surface area contributed by atoms with Crippen molar-refractivity contribution in [2.45, 2.75) is 0 Å². The van der Waals surface area contributed by atoms with E-state index in [1.165, 1.54) is 6.29 Å². The maximum Gasteiger partial charge on any atom is 0.258 e. The van der Waals surface area contributed by atoms with Gasteiger partial charge in [0.25, 0.3) is 6.29 Å². The lowest BCUT2D eigenvalue weighted by molar-refractivity contribution is 0.393. The van der Waals surface area contributed by atoms with Crippen LogP contribution in [0.4, 0.5) is 0 Å². The van der Waals surface area contributed by atoms with Crippen LogP contribution >= 0.6 is 0 Å². The van der Waals surface area contributed by atoms with Crippen molar-refractivity contribution >= 4 is 6.29 Å². The molecule has 0 aromatic carbocycles. The number of rotatable bonds is 1. The molecule has 0 spiro atoms. The number of hydrogen-bond acceptors (Lipinski definition) is 4. The lowest BCUT2D eigenvalue weighted by atomic mass is 10.6. The lowest BCUT2D eigenvalue weighted by Gasteiger charge is -1.56. The van der Waals surface area contributed by atoms with Crippen LogP contribution < -0.4 is 0 Å². The van der Waals surface area contributed by atoms with E-state index >= 15 is 0 Å². The van der Waals surface area contributed by atoms with Gasteiger partial charge < -0.3 is 4.52 Å². The molecule has 1 heterocycles. The highest BCUT2D eigenvalue weighted by atomic mass is 16.5. The summed E-state index contributed by atoms with van der Waals surface area (Å²) in [5, 5.41) is 6.20. The Balaban J connectivity index is 2.96. The molecule has 4 nitrogen and oxygen atoms in total. The lowest BCUT2D eigenvalue weighted by Crippen LogP contribution is -1.76. The minimum Gasteiger partial charge on any atom is -0.345 e. The third-order valence-corrected chi connectivity index (χ3v) is 0.465. The third-order valence-electron chi connectivity index (χ3n) is 0.465. The van der Waals surface area contributed by atoms with Gasteiger partial charge in [-0.25, -0.2) is 0 Å². The van der Waals surface area contributed by atoms with Gasteiger partial charge in [-0.3, -0.25) is 4.79 Å². The minimum atomic E-state index is 0.0972. The summed E-state index contributed by atoms with van der Waals surface area (Å²) in [7, 11) is 0. The zero-order valence-electron chi connectivity index (χ0n) is 3.29. The molecule has 0 fully saturated rings. The summed E-state index contributed by atoms with van der Waals surface area (Å²) in [6.45, 7) is 0. The van der Waals surface area contributed by atoms with Crippen molar-refractivity contribution in [3.63, 3.8) is 0 Å². The van der Waals surface area contributed by atoms with Gasteiger partial charge in [0.1, 0.15) is 0 Å². The van der Waals surface area contributed by atoms with E-state index < -0.39 is 0 Å². The fourth-order valence-electron chi connectivity index (χ4n) is 0.209. The second-order valence-corrected chi connectivity index (χ2v) is 0.892. The van der Waals surface area contributed by atoms with E-state index in [-0.39, 0.29) is 5.69 Å². The number of nitrogens with zero attached hydrogens (tertiary/aromatic N) is 2. The van der Waals surface area contributed by atoms with Gasteiger partial charge in [-0.1, -0.05) is 0 Å². The van der Waals surface area contributed by atoms with Gasteiger partial charge in [-0.2, -0.15) is 0 Å². The van der Waals surface area contributed by atoms with Gasteiger partial charge in [0.15, 0.2) is 12.0 Å². The summed E-state index contributed by atoms with van der Waals surface area (Å²) < 4.78 is 4.18. The fraction of sp³-hybridized carbons (Fsp3) is 0. The molecule has 0 aliphatic heterocycles. The quantitative estimate of drug-likeness (QED) is 0.475. The third kappa shape index (κ3) is 0.623. The first-order valence-electron chi connectivity index (χ1n) is 1.58. The average molecular weight is 97.1 g/mol. The van der Waals surface area contributed by atoms with E-state index in [1.807, 2.05) is 0 Å². The molecule has 0 aliphatic carbocycles. The van der Waals surface area contributed by atoms with Crippen molar-refractivity contribution in [2.75, 3.05) is 0 Å². The Hall–Kier alpha value is -1.19. The van der Waals surface area contributed by atoms with Crippen LogP contribution in [0, 0.1) is 0 Å². The van der Waals surface area contributed by atoms with Crippen molar-refractivity contribution in [2.24, 2.45) is 0 Å². The molecular formula is C3HN2O2. The first-order chi connectivity index (χ1) is 3.43. The van der Waals surface area contributed by atoms with E-state index in [1.54, 1.807) is 0 Å². The monoisotopic (exact) mass is 97.0 g/mol. The molecule has 1 aromatic heterocycles. The zero-order chi connectivity index (χ0) is 5.11. The van der Waals surface area contributed by atoms with Crippen molar-refractivity contribution in [1.82, 2.24) is 10.4 Å². The van der Waals surface area contributed by atoms with Crippen molar-refractivity contribution in [1.29, 1.82) is 0 Å². The first-order valence-corrected chi connectivity index (χ1v) is 1.58. The topological polar surface area (TPSA) is 56.0 Å². The van der Waals surface area contributed by atoms with Gasteiger partial charge >= 0.3 is 0 Å². The fourth-order valence-corrected chi connectivity index (χ4v) is 0.209. The summed E-state index contributed by atoms with van der Waals surface area (Å²) in [5.74, 6) is 0. The second-order valence-electron chi connectivity index (χ2n) is 0.892. The molecule has 0 amide bonds. The zero-order valence-corrected chi connectivity index (χ0v) is 3.29. The Morgan fingerprint density at radius 3 is 3.00 bits per heavy atom. The molecule has 0 atom stereocenters. The molecule has 4 heteroatoms. The second kappa shape index (κ2) is 1.51. The highest BCUT2D eigenvalue weighted by Crippen LogP contribution is 1.80. The van der Waals surface area contributed by atoms with Gasteiger partial charge in [-0.05, 0) is 0 Å². The van der Waals surface area contributed by atoms with Gasteiger partial charge in [-0.15, -0.1) is 5.10 Å². The molecule has 1 rings (SSSR count). The van der Waals surface area contributed by atoms with Crippen molar-refractivity contribution in [3.8, 4) is 0 Å². The molecule has 0 saturated carbocycles. The summed E-state index contributed by atoms with van der Waals surface area (Å²) in [6.07, 6.45) is 2.61. The highest BCUT2D eigenvalue weighted by molar-refractivity contribution is 5.70. The number of carbonyl (C=O) groups excluding carboxylic acids is 1. The van der Waals surface area contributed by atoms with E-state index in [2.05, 4.69) is 14.9 Å². The van der Waals surface area contributed by atoms with Crippen LogP contribution in [0.2, 0.25) is 0 Å². The van der Waals surface area contributed by atoms with Crippen LogP contribution in [0.15, 0.2) is 10.8 Å². The number of aromatic nitrogens is 2. The Kier molecular flexibility index (Phi) is 0.856. The van der Waals surface area contributed by atoms with Crippen LogP contribution in [0.3, 0.4) is 0 Å². The van der Waals surface area contributed by atoms with Crippen LogP contribution in [-0.2, 0) is 4.79 Å². The molecule has 0 unspecified atom stereocenters. The average Bonchev–Trinajstić information content (AvgIpc) is 2.14. The van der Waals surface area contributed by atoms with Crippen LogP contribution in [-0.4, -0.2) is 16.7 Å². The standard InChI is InChI=1S/C3HN2O2/c6-1-3-2-7-5-4-3/h2H. The van der Waals surface area contributed by atoms with E-state index in [0.717, 1.165) is 6.26 Å². The Bertz CT molecular complexity index is 146. The van der Waals surface area contributed by atoms with Gasteiger partial charge in [0, 0.05) is 5.27 Å². The van der Waals surface area contributed by atoms with E-state index in [0.29, 0.717) is 0 Å². The van der Waals surface area contributed by atoms with Crippen molar-refractivity contribution in [3.05, 3.63) is 12.0 Å². The largest absolute Gasteiger partial charge is 0.345 e. The molecule has 35 valence electrons. The first kappa shape index (κ1) is 3.98. The summed E-state index contributed by atoms with van der Waals surface area (Å²) in [6, 6.07) is 0. The molecule has 0 aliphatic rings. The normalized spacial score (nSPS) is 8.57. The van der Waals surface area contributed by atoms with Crippen LogP contribution in [0.5, 0.6) is 0 Å². The molecule has 0 bridgehead atoms. The molecule has 7 heavy (non-hydrogen) atoms. The van der Waals surface area contributed by atoms with Crippen molar-refractivity contribution < 1.29 is 9.32 Å². The van der Waals surface area contributed by atoms with Gasteiger partial charge in [0.05, 0.1) is 0 Å². The van der Waals surface area contributed by atoms with Crippen LogP contribution in [0.1, 0.15) is 5.69 Å². The predicted molar refractivity (Wildman–Crippen MR) is 19.1 cm³/mol. The number of hydrogen-bond donors (Lipinski definition) is 0.